The van der Waals surface area contributed by atoms with Crippen molar-refractivity contribution < 1.29 is 36.3 Å². The fourth-order valence-electron chi connectivity index (χ4n) is 3.48. The smallest absolute Gasteiger partial charge is 0.475 e. The van der Waals surface area contributed by atoms with Crippen molar-refractivity contribution in [1.29, 1.82) is 0 Å². The summed E-state index contributed by atoms with van der Waals surface area (Å²) in [7, 11) is 0.488. The van der Waals surface area contributed by atoms with Crippen LogP contribution in [-0.4, -0.2) is 79.9 Å². The number of hydrogen-bond donors (Lipinski definition) is 2. The number of para-hydroxylation sites is 1. The van der Waals surface area contributed by atoms with Crippen LogP contribution in [0.25, 0.3) is 32.8 Å². The van der Waals surface area contributed by atoms with Crippen LogP contribution in [0.4, 0.5) is 13.2 Å². The molecule has 4 rings (SSSR count). The molecule has 13 heteroatoms. The lowest BCUT2D eigenvalue weighted by Crippen LogP contribution is -2.31. The Morgan fingerprint density at radius 2 is 1.57 bits per heavy atom. The Hall–Kier alpha value is -3.84. The van der Waals surface area contributed by atoms with Gasteiger partial charge in [-0.15, -0.1) is 0 Å². The van der Waals surface area contributed by atoms with Gasteiger partial charge in [0.15, 0.2) is 9.84 Å². The highest BCUT2D eigenvalue weighted by Crippen LogP contribution is 2.30. The zero-order chi connectivity index (χ0) is 27.5. The molecule has 1 amide bonds. The lowest BCUT2D eigenvalue weighted by Gasteiger charge is -2.12. The summed E-state index contributed by atoms with van der Waals surface area (Å²) in [4.78, 5) is 33.3. The fraction of sp³-hybridized carbons (Fsp3) is 0.250. The topological polar surface area (TPSA) is 130 Å². The van der Waals surface area contributed by atoms with Crippen LogP contribution >= 0.6 is 0 Å². The van der Waals surface area contributed by atoms with Crippen LogP contribution in [0.2, 0.25) is 0 Å². The van der Waals surface area contributed by atoms with E-state index in [1.165, 1.54) is 6.26 Å². The van der Waals surface area contributed by atoms with Crippen molar-refractivity contribution >= 4 is 54.6 Å². The maximum atomic E-state index is 12.7. The lowest BCUT2D eigenvalue weighted by atomic mass is 10.1. The minimum Gasteiger partial charge on any atom is -0.475 e. The number of carboxylic acid groups (broad SMARTS) is 1. The van der Waals surface area contributed by atoms with Crippen LogP contribution in [-0.2, 0) is 14.6 Å². The van der Waals surface area contributed by atoms with E-state index in [1.54, 1.807) is 36.4 Å². The van der Waals surface area contributed by atoms with Crippen molar-refractivity contribution in [3.8, 4) is 0 Å². The van der Waals surface area contributed by atoms with E-state index in [2.05, 4.69) is 10.3 Å². The minimum absolute atomic E-state index is 0.215. The second kappa shape index (κ2) is 10.6. The number of carbonyl (C=O) groups is 2. The number of nitrogens with one attached hydrogen (secondary N) is 1. The molecule has 196 valence electrons. The molecule has 0 saturated heterocycles. The number of aromatic nitrogens is 2. The summed E-state index contributed by atoms with van der Waals surface area (Å²) in [5.74, 6) is -2.97. The molecule has 3 aromatic carbocycles. The van der Waals surface area contributed by atoms with Gasteiger partial charge < -0.3 is 15.3 Å². The lowest BCUT2D eigenvalue weighted by molar-refractivity contribution is -0.192. The largest absolute Gasteiger partial charge is 0.490 e. The van der Waals surface area contributed by atoms with Crippen LogP contribution in [0.1, 0.15) is 10.4 Å². The number of aliphatic carboxylic acids is 1. The number of amides is 1. The number of halogens is 3. The third kappa shape index (κ3) is 6.49. The number of likely N-dealkylation sites (N-methyl/N-ethyl adjacent to an activating group) is 1. The van der Waals surface area contributed by atoms with E-state index in [4.69, 9.17) is 14.9 Å². The monoisotopic (exact) mass is 536 g/mol. The van der Waals surface area contributed by atoms with E-state index in [9.17, 15) is 26.4 Å². The molecular weight excluding hydrogens is 513 g/mol. The van der Waals surface area contributed by atoms with Gasteiger partial charge in [-0.25, -0.2) is 23.2 Å². The molecule has 2 N–H and O–H groups in total. The standard InChI is InChI=1S/C22H22N4O3S.C2HF3O2/c1-26(2)13-12-23-22(27)16-7-4-8-17-21(16)25-20-15-6-5-9-19(30(3,28)29)14(15)10-11-18(20)24-17;3-2(4,5)1(6)7/h4-11H,12-13H2,1-3H3,(H,23,27);(H,6,7). The van der Waals surface area contributed by atoms with Crippen LogP contribution < -0.4 is 5.32 Å². The molecular formula is C24H23F3N4O5S. The van der Waals surface area contributed by atoms with Gasteiger partial charge in [0.1, 0.15) is 5.52 Å². The third-order valence-corrected chi connectivity index (χ3v) is 6.34. The summed E-state index contributed by atoms with van der Waals surface area (Å²) in [5, 5.41) is 11.3. The van der Waals surface area contributed by atoms with Gasteiger partial charge in [-0.05, 0) is 38.4 Å². The predicted molar refractivity (Wildman–Crippen MR) is 132 cm³/mol. The number of carbonyl (C=O) groups excluding carboxylic acids is 1. The number of hydrogen-bond acceptors (Lipinski definition) is 7. The molecule has 0 radical (unpaired) electrons. The van der Waals surface area contributed by atoms with Crippen LogP contribution in [0.5, 0.6) is 0 Å². The zero-order valence-corrected chi connectivity index (χ0v) is 20.8. The summed E-state index contributed by atoms with van der Waals surface area (Å²) in [6, 6.07) is 14.0. The summed E-state index contributed by atoms with van der Waals surface area (Å²) in [5.41, 5.74) is 2.76. The number of alkyl halides is 3. The van der Waals surface area contributed by atoms with E-state index >= 15 is 0 Å². The molecule has 9 nitrogen and oxygen atoms in total. The van der Waals surface area contributed by atoms with Gasteiger partial charge >= 0.3 is 12.1 Å². The van der Waals surface area contributed by atoms with Gasteiger partial charge in [0.2, 0.25) is 0 Å². The summed E-state index contributed by atoms with van der Waals surface area (Å²) < 4.78 is 56.1. The maximum absolute atomic E-state index is 12.7. The van der Waals surface area contributed by atoms with Crippen LogP contribution in [0.3, 0.4) is 0 Å². The van der Waals surface area contributed by atoms with Gasteiger partial charge in [0.05, 0.1) is 27.0 Å². The molecule has 0 aliphatic rings. The molecule has 0 aliphatic carbocycles. The molecule has 0 atom stereocenters. The number of fused-ring (bicyclic) bond motifs is 4. The molecule has 0 unspecified atom stereocenters. The molecule has 0 fully saturated rings. The quantitative estimate of drug-likeness (QED) is 0.294. The molecule has 1 aromatic heterocycles. The van der Waals surface area contributed by atoms with Crippen molar-refractivity contribution in [2.45, 2.75) is 11.1 Å². The average Bonchev–Trinajstić information content (AvgIpc) is 2.80. The van der Waals surface area contributed by atoms with Gasteiger partial charge in [-0.1, -0.05) is 24.3 Å². The number of sulfone groups is 1. The van der Waals surface area contributed by atoms with E-state index in [1.807, 2.05) is 31.1 Å². The molecule has 37 heavy (non-hydrogen) atoms. The molecule has 4 aromatic rings. The molecule has 0 spiro atoms. The predicted octanol–water partition coefficient (Wildman–Crippen LogP) is 3.26. The molecule has 1 heterocycles. The van der Waals surface area contributed by atoms with E-state index in [-0.39, 0.29) is 10.8 Å². The van der Waals surface area contributed by atoms with Crippen molar-refractivity contribution in [3.63, 3.8) is 0 Å². The van der Waals surface area contributed by atoms with Gasteiger partial charge in [-0.2, -0.15) is 13.2 Å². The first-order valence-corrected chi connectivity index (χ1v) is 12.6. The summed E-state index contributed by atoms with van der Waals surface area (Å²) in [6.07, 6.45) is -3.89. The second-order valence-corrected chi connectivity index (χ2v) is 10.3. The summed E-state index contributed by atoms with van der Waals surface area (Å²) >= 11 is 0. The third-order valence-electron chi connectivity index (χ3n) is 5.18. The Labute approximate surface area is 209 Å². The highest BCUT2D eigenvalue weighted by atomic mass is 32.2. The summed E-state index contributed by atoms with van der Waals surface area (Å²) in [6.45, 7) is 1.24. The van der Waals surface area contributed by atoms with Gasteiger partial charge in [0.25, 0.3) is 5.91 Å². The van der Waals surface area contributed by atoms with Crippen molar-refractivity contribution in [1.82, 2.24) is 20.2 Å². The number of benzene rings is 3. The Balaban J connectivity index is 0.000000479. The van der Waals surface area contributed by atoms with Gasteiger partial charge in [0, 0.05) is 30.1 Å². The highest BCUT2D eigenvalue weighted by Gasteiger charge is 2.38. The normalized spacial score (nSPS) is 12.0. The fourth-order valence-corrected chi connectivity index (χ4v) is 4.39. The number of nitrogens with zero attached hydrogens (tertiary/aromatic N) is 3. The van der Waals surface area contributed by atoms with Crippen molar-refractivity contribution in [2.24, 2.45) is 0 Å². The number of rotatable bonds is 5. The van der Waals surface area contributed by atoms with E-state index < -0.39 is 22.0 Å². The average molecular weight is 537 g/mol. The van der Waals surface area contributed by atoms with Crippen LogP contribution in [0.15, 0.2) is 53.4 Å². The van der Waals surface area contributed by atoms with Crippen molar-refractivity contribution in [2.75, 3.05) is 33.4 Å². The van der Waals surface area contributed by atoms with Gasteiger partial charge in [-0.3, -0.25) is 4.79 Å². The first-order valence-electron chi connectivity index (χ1n) is 10.8. The maximum Gasteiger partial charge on any atom is 0.490 e. The highest BCUT2D eigenvalue weighted by molar-refractivity contribution is 7.91. The van der Waals surface area contributed by atoms with E-state index in [0.29, 0.717) is 44.9 Å². The zero-order valence-electron chi connectivity index (χ0n) is 20.0. The second-order valence-electron chi connectivity index (χ2n) is 8.32. The molecule has 0 saturated carbocycles. The molecule has 0 bridgehead atoms. The van der Waals surface area contributed by atoms with Crippen molar-refractivity contribution in [3.05, 3.63) is 54.1 Å². The number of carboxylic acids is 1. The first kappa shape index (κ1) is 27.7. The first-order chi connectivity index (χ1) is 17.2. The minimum atomic E-state index is -5.08. The SMILES string of the molecule is CN(C)CCNC(=O)c1cccc2nc3ccc4c(S(C)(=O)=O)cccc4c3nc12.O=C(O)C(F)(F)F. The molecule has 0 aliphatic heterocycles. The Bertz CT molecular complexity index is 1610. The van der Waals surface area contributed by atoms with Crippen LogP contribution in [0, 0.1) is 0 Å². The Morgan fingerprint density at radius 1 is 0.946 bits per heavy atom. The van der Waals surface area contributed by atoms with E-state index in [0.717, 1.165) is 6.54 Å². The Morgan fingerprint density at radius 3 is 2.16 bits per heavy atom. The Kier molecular flexibility index (Phi) is 7.98.